The van der Waals surface area contributed by atoms with Crippen molar-refractivity contribution in [2.75, 3.05) is 30.8 Å². The standard InChI is InChI=1S/C23H26N6O2/c1-16-7-10-24-20(13-16)29-21-14-19(27-15-28-21)25-11-12-26-22(30)23(8-9-23)17-5-3-4-6-18(17)31-2/h3-7,10,13-15H,8-9,11-12H2,1-2H3,(H,26,30)(H2,24,25,27,28,29). The molecule has 160 valence electrons. The summed E-state index contributed by atoms with van der Waals surface area (Å²) in [6.07, 6.45) is 4.90. The molecule has 1 amide bonds. The molecule has 0 aliphatic heterocycles. The molecule has 4 rings (SSSR count). The molecule has 31 heavy (non-hydrogen) atoms. The maximum atomic E-state index is 12.9. The molecule has 8 heteroatoms. The van der Waals surface area contributed by atoms with Gasteiger partial charge in [-0.3, -0.25) is 4.79 Å². The number of nitrogens with zero attached hydrogens (tertiary/aromatic N) is 3. The van der Waals surface area contributed by atoms with E-state index < -0.39 is 5.41 Å². The number of anilines is 3. The number of benzene rings is 1. The average Bonchev–Trinajstić information content (AvgIpc) is 3.59. The summed E-state index contributed by atoms with van der Waals surface area (Å²) in [7, 11) is 1.64. The van der Waals surface area contributed by atoms with Gasteiger partial charge in [-0.25, -0.2) is 15.0 Å². The number of rotatable bonds is 9. The minimum Gasteiger partial charge on any atom is -0.496 e. The number of hydrogen-bond donors (Lipinski definition) is 3. The van der Waals surface area contributed by atoms with Crippen LogP contribution in [0.1, 0.15) is 24.0 Å². The summed E-state index contributed by atoms with van der Waals surface area (Å²) in [6.45, 7) is 3.04. The van der Waals surface area contributed by atoms with Gasteiger partial charge in [0.25, 0.3) is 0 Å². The molecule has 2 heterocycles. The van der Waals surface area contributed by atoms with E-state index in [9.17, 15) is 4.79 Å². The summed E-state index contributed by atoms with van der Waals surface area (Å²) in [5.74, 6) is 2.84. The summed E-state index contributed by atoms with van der Waals surface area (Å²) >= 11 is 0. The highest BCUT2D eigenvalue weighted by Gasteiger charge is 2.52. The number of carbonyl (C=O) groups is 1. The van der Waals surface area contributed by atoms with Gasteiger partial charge >= 0.3 is 0 Å². The second-order valence-electron chi connectivity index (χ2n) is 7.60. The van der Waals surface area contributed by atoms with E-state index in [0.29, 0.717) is 24.7 Å². The Labute approximate surface area is 181 Å². The predicted molar refractivity (Wildman–Crippen MR) is 120 cm³/mol. The van der Waals surface area contributed by atoms with Gasteiger partial charge in [0.1, 0.15) is 29.5 Å². The van der Waals surface area contributed by atoms with Gasteiger partial charge in [0.05, 0.1) is 12.5 Å². The fourth-order valence-corrected chi connectivity index (χ4v) is 3.58. The molecule has 0 radical (unpaired) electrons. The highest BCUT2D eigenvalue weighted by molar-refractivity contribution is 5.92. The van der Waals surface area contributed by atoms with E-state index >= 15 is 0 Å². The third-order valence-corrected chi connectivity index (χ3v) is 5.36. The van der Waals surface area contributed by atoms with E-state index in [0.717, 1.165) is 35.5 Å². The Morgan fingerprint density at radius 1 is 1.03 bits per heavy atom. The fourth-order valence-electron chi connectivity index (χ4n) is 3.58. The molecule has 1 fully saturated rings. The lowest BCUT2D eigenvalue weighted by Crippen LogP contribution is -2.37. The van der Waals surface area contributed by atoms with E-state index in [1.807, 2.05) is 49.4 Å². The van der Waals surface area contributed by atoms with Crippen molar-refractivity contribution >= 4 is 23.4 Å². The van der Waals surface area contributed by atoms with Crippen LogP contribution in [0.2, 0.25) is 0 Å². The fraction of sp³-hybridized carbons (Fsp3) is 0.304. The third-order valence-electron chi connectivity index (χ3n) is 5.36. The molecule has 1 aliphatic rings. The highest BCUT2D eigenvalue weighted by atomic mass is 16.5. The molecule has 0 spiro atoms. The van der Waals surface area contributed by atoms with E-state index in [1.54, 1.807) is 13.3 Å². The lowest BCUT2D eigenvalue weighted by Gasteiger charge is -2.18. The summed E-state index contributed by atoms with van der Waals surface area (Å²) in [5.41, 5.74) is 1.60. The monoisotopic (exact) mass is 418 g/mol. The number of carbonyl (C=O) groups excluding carboxylic acids is 1. The number of aryl methyl sites for hydroxylation is 1. The van der Waals surface area contributed by atoms with Crippen molar-refractivity contribution in [3.05, 3.63) is 66.1 Å². The molecule has 0 atom stereocenters. The molecular formula is C23H26N6O2. The first-order chi connectivity index (χ1) is 15.1. The summed E-state index contributed by atoms with van der Waals surface area (Å²) < 4.78 is 5.45. The van der Waals surface area contributed by atoms with Crippen molar-refractivity contribution in [2.45, 2.75) is 25.2 Å². The Balaban J connectivity index is 1.30. The lowest BCUT2D eigenvalue weighted by atomic mass is 9.94. The smallest absolute Gasteiger partial charge is 0.230 e. The second kappa shape index (κ2) is 8.99. The van der Waals surface area contributed by atoms with Crippen LogP contribution in [0.3, 0.4) is 0 Å². The van der Waals surface area contributed by atoms with E-state index in [4.69, 9.17) is 4.74 Å². The van der Waals surface area contributed by atoms with Crippen LogP contribution in [-0.2, 0) is 10.2 Å². The van der Waals surface area contributed by atoms with Crippen LogP contribution in [-0.4, -0.2) is 41.1 Å². The van der Waals surface area contributed by atoms with Crippen molar-refractivity contribution in [3.63, 3.8) is 0 Å². The highest BCUT2D eigenvalue weighted by Crippen LogP contribution is 2.51. The van der Waals surface area contributed by atoms with Gasteiger partial charge in [0.2, 0.25) is 5.91 Å². The van der Waals surface area contributed by atoms with Gasteiger partial charge in [-0.15, -0.1) is 0 Å². The van der Waals surface area contributed by atoms with E-state index in [2.05, 4.69) is 30.9 Å². The van der Waals surface area contributed by atoms with Crippen molar-refractivity contribution in [3.8, 4) is 5.75 Å². The van der Waals surface area contributed by atoms with Crippen LogP contribution in [0.15, 0.2) is 55.0 Å². The Kier molecular flexibility index (Phi) is 5.97. The number of nitrogens with one attached hydrogen (secondary N) is 3. The summed E-state index contributed by atoms with van der Waals surface area (Å²) in [5, 5.41) is 9.43. The van der Waals surface area contributed by atoms with Crippen LogP contribution in [0.25, 0.3) is 0 Å². The quantitative estimate of drug-likeness (QED) is 0.459. The number of methoxy groups -OCH3 is 1. The number of amides is 1. The Morgan fingerprint density at radius 2 is 1.81 bits per heavy atom. The number of hydrogen-bond acceptors (Lipinski definition) is 7. The molecule has 8 nitrogen and oxygen atoms in total. The maximum Gasteiger partial charge on any atom is 0.230 e. The summed E-state index contributed by atoms with van der Waals surface area (Å²) in [6, 6.07) is 13.4. The van der Waals surface area contributed by atoms with Crippen LogP contribution in [0.4, 0.5) is 17.5 Å². The Hall–Kier alpha value is -3.68. The van der Waals surface area contributed by atoms with Gasteiger partial charge in [-0.1, -0.05) is 18.2 Å². The van der Waals surface area contributed by atoms with Gasteiger partial charge in [0.15, 0.2) is 0 Å². The first kappa shape index (κ1) is 20.6. The number of aromatic nitrogens is 3. The number of para-hydroxylation sites is 1. The predicted octanol–water partition coefficient (Wildman–Crippen LogP) is 3.19. The normalized spacial score (nSPS) is 13.9. The largest absolute Gasteiger partial charge is 0.496 e. The van der Waals surface area contributed by atoms with Gasteiger partial charge in [-0.05, 0) is 43.5 Å². The van der Waals surface area contributed by atoms with E-state index in [-0.39, 0.29) is 5.91 Å². The molecule has 0 bridgehead atoms. The molecule has 0 unspecified atom stereocenters. The maximum absolute atomic E-state index is 12.9. The second-order valence-corrected chi connectivity index (χ2v) is 7.60. The van der Waals surface area contributed by atoms with Crippen molar-refractivity contribution in [2.24, 2.45) is 0 Å². The molecular weight excluding hydrogens is 392 g/mol. The van der Waals surface area contributed by atoms with Gasteiger partial charge in [0, 0.05) is 30.9 Å². The van der Waals surface area contributed by atoms with E-state index in [1.165, 1.54) is 6.33 Å². The van der Waals surface area contributed by atoms with Crippen LogP contribution in [0, 0.1) is 6.92 Å². The first-order valence-corrected chi connectivity index (χ1v) is 10.3. The molecule has 1 aliphatic carbocycles. The van der Waals surface area contributed by atoms with Crippen molar-refractivity contribution in [1.29, 1.82) is 0 Å². The molecule has 3 aromatic rings. The van der Waals surface area contributed by atoms with Crippen LogP contribution in [0.5, 0.6) is 5.75 Å². The van der Waals surface area contributed by atoms with Crippen molar-refractivity contribution in [1.82, 2.24) is 20.3 Å². The molecule has 1 aromatic carbocycles. The average molecular weight is 419 g/mol. The Morgan fingerprint density at radius 3 is 2.58 bits per heavy atom. The zero-order valence-corrected chi connectivity index (χ0v) is 17.7. The number of ether oxygens (including phenoxy) is 1. The molecule has 0 saturated heterocycles. The van der Waals surface area contributed by atoms with Crippen molar-refractivity contribution < 1.29 is 9.53 Å². The minimum absolute atomic E-state index is 0.0364. The number of pyridine rings is 1. The van der Waals surface area contributed by atoms with Crippen LogP contribution >= 0.6 is 0 Å². The molecule has 3 N–H and O–H groups in total. The third kappa shape index (κ3) is 4.74. The topological polar surface area (TPSA) is 101 Å². The minimum atomic E-state index is -0.473. The van der Waals surface area contributed by atoms with Gasteiger partial charge in [-0.2, -0.15) is 0 Å². The Bertz CT molecular complexity index is 1070. The van der Waals surface area contributed by atoms with Gasteiger partial charge < -0.3 is 20.7 Å². The van der Waals surface area contributed by atoms with Crippen LogP contribution < -0.4 is 20.7 Å². The molecule has 2 aromatic heterocycles. The zero-order valence-electron chi connectivity index (χ0n) is 17.7. The SMILES string of the molecule is COc1ccccc1C1(C(=O)NCCNc2cc(Nc3cc(C)ccn3)ncn2)CC1. The first-order valence-electron chi connectivity index (χ1n) is 10.3. The zero-order chi connectivity index (χ0) is 21.7. The molecule has 1 saturated carbocycles. The lowest BCUT2D eigenvalue weighted by molar-refractivity contribution is -0.123. The summed E-state index contributed by atoms with van der Waals surface area (Å²) in [4.78, 5) is 25.6.